The van der Waals surface area contributed by atoms with E-state index in [0.29, 0.717) is 18.8 Å². The Hall–Kier alpha value is -1.33. The van der Waals surface area contributed by atoms with Crippen LogP contribution in [0.25, 0.3) is 0 Å². The highest BCUT2D eigenvalue weighted by Crippen LogP contribution is 2.23. The van der Waals surface area contributed by atoms with Crippen molar-refractivity contribution in [2.75, 3.05) is 20.3 Å². The number of carbonyl (C=O) groups is 1. The molecule has 0 amide bonds. The van der Waals surface area contributed by atoms with Gasteiger partial charge in [-0.25, -0.2) is 4.79 Å². The van der Waals surface area contributed by atoms with Crippen molar-refractivity contribution in [3.63, 3.8) is 0 Å². The van der Waals surface area contributed by atoms with Crippen molar-refractivity contribution in [1.29, 1.82) is 0 Å². The lowest BCUT2D eigenvalue weighted by Gasteiger charge is -2.38. The molecule has 1 aromatic heterocycles. The number of aromatic nitrogens is 1. The molecular weight excluding hydrogens is 186 g/mol. The first-order valence-electron chi connectivity index (χ1n) is 4.25. The maximum atomic E-state index is 11.5. The Bertz CT molecular complexity index is 310. The molecule has 1 N–H and O–H groups in total. The minimum atomic E-state index is -0.881. The number of aromatic amines is 1. The molecule has 5 nitrogen and oxygen atoms in total. The van der Waals surface area contributed by atoms with Crippen LogP contribution in [-0.4, -0.2) is 37.1 Å². The summed E-state index contributed by atoms with van der Waals surface area (Å²) in [4.78, 5) is 14.3. The molecule has 14 heavy (non-hydrogen) atoms. The summed E-state index contributed by atoms with van der Waals surface area (Å²) in [6.07, 6.45) is 3.23. The zero-order chi connectivity index (χ0) is 10.0. The number of hydrogen-bond acceptors (Lipinski definition) is 4. The Morgan fingerprint density at radius 2 is 2.43 bits per heavy atom. The smallest absolute Gasteiger partial charge is 0.342 e. The van der Waals surface area contributed by atoms with Gasteiger partial charge in [-0.05, 0) is 6.07 Å². The van der Waals surface area contributed by atoms with Gasteiger partial charge in [-0.15, -0.1) is 0 Å². The van der Waals surface area contributed by atoms with Crippen LogP contribution in [0.15, 0.2) is 18.5 Å². The zero-order valence-electron chi connectivity index (χ0n) is 7.78. The molecule has 5 heteroatoms. The summed E-state index contributed by atoms with van der Waals surface area (Å²) in [6.45, 7) is 0.583. The maximum Gasteiger partial charge on any atom is 0.342 e. The molecule has 0 saturated carbocycles. The second-order valence-corrected chi connectivity index (χ2v) is 3.10. The summed E-state index contributed by atoms with van der Waals surface area (Å²) in [5.41, 5.74) is 0.480. The van der Waals surface area contributed by atoms with Gasteiger partial charge in [0.05, 0.1) is 5.56 Å². The molecule has 1 aromatic rings. The minimum absolute atomic E-state index is 0.291. The van der Waals surface area contributed by atoms with Crippen LogP contribution in [0.2, 0.25) is 0 Å². The fraction of sp³-hybridized carbons (Fsp3) is 0.444. The van der Waals surface area contributed by atoms with Crippen molar-refractivity contribution in [2.45, 2.75) is 5.79 Å². The molecule has 2 heterocycles. The Morgan fingerprint density at radius 1 is 1.64 bits per heavy atom. The van der Waals surface area contributed by atoms with Crippen LogP contribution in [-0.2, 0) is 14.2 Å². The normalized spacial score (nSPS) is 18.6. The molecule has 1 aliphatic rings. The molecule has 1 saturated heterocycles. The van der Waals surface area contributed by atoms with E-state index in [2.05, 4.69) is 4.98 Å². The first-order valence-corrected chi connectivity index (χ1v) is 4.25. The lowest BCUT2D eigenvalue weighted by Crippen LogP contribution is -2.54. The van der Waals surface area contributed by atoms with Crippen LogP contribution < -0.4 is 0 Å². The third-order valence-electron chi connectivity index (χ3n) is 2.13. The predicted octanol–water partition coefficient (Wildman–Crippen LogP) is 0.544. The van der Waals surface area contributed by atoms with Crippen LogP contribution in [0.5, 0.6) is 0 Å². The van der Waals surface area contributed by atoms with Gasteiger partial charge < -0.3 is 19.2 Å². The summed E-state index contributed by atoms with van der Waals surface area (Å²) >= 11 is 0. The van der Waals surface area contributed by atoms with E-state index in [0.717, 1.165) is 0 Å². The van der Waals surface area contributed by atoms with Gasteiger partial charge in [0.2, 0.25) is 0 Å². The molecule has 1 fully saturated rings. The van der Waals surface area contributed by atoms with Crippen molar-refractivity contribution in [2.24, 2.45) is 0 Å². The third-order valence-corrected chi connectivity index (χ3v) is 2.13. The number of methoxy groups -OCH3 is 1. The van der Waals surface area contributed by atoms with Crippen LogP contribution >= 0.6 is 0 Å². The second-order valence-electron chi connectivity index (χ2n) is 3.10. The Balaban J connectivity index is 2.01. The molecule has 1 aliphatic heterocycles. The molecule has 0 unspecified atom stereocenters. The average Bonchev–Trinajstić information content (AvgIpc) is 2.63. The number of ether oxygens (including phenoxy) is 3. The van der Waals surface area contributed by atoms with Crippen LogP contribution in [0.4, 0.5) is 0 Å². The summed E-state index contributed by atoms with van der Waals surface area (Å²) in [5, 5.41) is 0. The average molecular weight is 197 g/mol. The highest BCUT2D eigenvalue weighted by Gasteiger charge is 2.43. The predicted molar refractivity (Wildman–Crippen MR) is 46.8 cm³/mol. The van der Waals surface area contributed by atoms with Gasteiger partial charge in [-0.3, -0.25) is 0 Å². The third kappa shape index (κ3) is 1.51. The van der Waals surface area contributed by atoms with Crippen molar-refractivity contribution in [3.8, 4) is 0 Å². The summed E-state index contributed by atoms with van der Waals surface area (Å²) in [5.74, 6) is -1.29. The lowest BCUT2D eigenvalue weighted by molar-refractivity contribution is -0.307. The molecule has 0 bridgehead atoms. The van der Waals surface area contributed by atoms with E-state index in [4.69, 9.17) is 14.2 Å². The van der Waals surface area contributed by atoms with Crippen molar-refractivity contribution in [1.82, 2.24) is 4.98 Å². The van der Waals surface area contributed by atoms with Gasteiger partial charge in [0.1, 0.15) is 13.2 Å². The quantitative estimate of drug-likeness (QED) is 0.567. The van der Waals surface area contributed by atoms with Crippen LogP contribution in [0, 0.1) is 0 Å². The Labute approximate surface area is 81.0 Å². The fourth-order valence-electron chi connectivity index (χ4n) is 1.17. The topological polar surface area (TPSA) is 60.5 Å². The fourth-order valence-corrected chi connectivity index (χ4v) is 1.17. The summed E-state index contributed by atoms with van der Waals surface area (Å²) < 4.78 is 15.2. The Morgan fingerprint density at radius 3 is 2.86 bits per heavy atom. The number of esters is 1. The molecule has 0 aliphatic carbocycles. The van der Waals surface area contributed by atoms with Gasteiger partial charge in [0, 0.05) is 19.5 Å². The number of rotatable bonds is 3. The molecule has 2 rings (SSSR count). The van der Waals surface area contributed by atoms with E-state index in [-0.39, 0.29) is 0 Å². The number of nitrogens with one attached hydrogen (secondary N) is 1. The first kappa shape index (κ1) is 9.23. The van der Waals surface area contributed by atoms with E-state index in [1.165, 1.54) is 7.11 Å². The molecular formula is C9H11NO4. The van der Waals surface area contributed by atoms with E-state index in [9.17, 15) is 4.79 Å². The Kier molecular flexibility index (Phi) is 2.26. The van der Waals surface area contributed by atoms with E-state index >= 15 is 0 Å². The second kappa shape index (κ2) is 3.43. The number of hydrogen-bond donors (Lipinski definition) is 1. The minimum Gasteiger partial charge on any atom is -0.424 e. The van der Waals surface area contributed by atoms with Gasteiger partial charge >= 0.3 is 5.97 Å². The molecule has 0 radical (unpaired) electrons. The van der Waals surface area contributed by atoms with Crippen LogP contribution in [0.3, 0.4) is 0 Å². The summed E-state index contributed by atoms with van der Waals surface area (Å²) in [6, 6.07) is 1.64. The lowest BCUT2D eigenvalue weighted by atomic mass is 10.2. The zero-order valence-corrected chi connectivity index (χ0v) is 7.78. The molecule has 0 aromatic carbocycles. The molecule has 0 spiro atoms. The first-order chi connectivity index (χ1) is 6.76. The summed E-state index contributed by atoms with van der Waals surface area (Å²) in [7, 11) is 1.49. The molecule has 0 atom stereocenters. The van der Waals surface area contributed by atoms with E-state index < -0.39 is 11.8 Å². The van der Waals surface area contributed by atoms with E-state index in [1.807, 2.05) is 0 Å². The van der Waals surface area contributed by atoms with Gasteiger partial charge in [-0.2, -0.15) is 0 Å². The number of carbonyl (C=O) groups excluding carboxylic acids is 1. The van der Waals surface area contributed by atoms with Gasteiger partial charge in [0.15, 0.2) is 0 Å². The standard InChI is InChI=1S/C9H11NO4/c1-12-9(5-13-6-9)14-8(11)7-2-3-10-4-7/h2-4,10H,5-6H2,1H3. The maximum absolute atomic E-state index is 11.5. The van der Waals surface area contributed by atoms with Crippen molar-refractivity contribution in [3.05, 3.63) is 24.0 Å². The van der Waals surface area contributed by atoms with Gasteiger partial charge in [-0.1, -0.05) is 0 Å². The van der Waals surface area contributed by atoms with E-state index in [1.54, 1.807) is 18.5 Å². The van der Waals surface area contributed by atoms with Gasteiger partial charge in [0.25, 0.3) is 5.79 Å². The highest BCUT2D eigenvalue weighted by molar-refractivity contribution is 5.89. The molecule has 76 valence electrons. The monoisotopic (exact) mass is 197 g/mol. The number of H-pyrrole nitrogens is 1. The van der Waals surface area contributed by atoms with Crippen molar-refractivity contribution >= 4 is 5.97 Å². The SMILES string of the molecule is COC1(OC(=O)c2cc[nH]c2)COC1. The highest BCUT2D eigenvalue weighted by atomic mass is 16.8. The largest absolute Gasteiger partial charge is 0.424 e. The van der Waals surface area contributed by atoms with Crippen molar-refractivity contribution < 1.29 is 19.0 Å². The van der Waals surface area contributed by atoms with Crippen LogP contribution in [0.1, 0.15) is 10.4 Å².